The molecule has 1 aromatic heterocycles. The Bertz CT molecular complexity index is 699. The van der Waals surface area contributed by atoms with Crippen molar-refractivity contribution in [2.45, 2.75) is 26.4 Å². The Morgan fingerprint density at radius 3 is 2.48 bits per heavy atom. The number of nitrogens with zero attached hydrogens (tertiary/aromatic N) is 1. The molecule has 0 radical (unpaired) electrons. The maximum absolute atomic E-state index is 12.2. The van der Waals surface area contributed by atoms with E-state index in [1.165, 1.54) is 12.3 Å². The minimum Gasteiger partial charge on any atom is -0.349 e. The first kappa shape index (κ1) is 17.0. The molecule has 0 aliphatic rings. The second kappa shape index (κ2) is 7.74. The number of aromatic nitrogens is 1. The first-order chi connectivity index (χ1) is 11.0. The van der Waals surface area contributed by atoms with Crippen LogP contribution in [0.25, 0.3) is 0 Å². The zero-order chi connectivity index (χ0) is 16.8. The molecule has 0 saturated carbocycles. The molecule has 0 aliphatic heterocycles. The van der Waals surface area contributed by atoms with E-state index in [-0.39, 0.29) is 23.6 Å². The molecule has 0 atom stereocenters. The monoisotopic (exact) mass is 331 g/mol. The van der Waals surface area contributed by atoms with E-state index in [1.54, 1.807) is 18.2 Å². The van der Waals surface area contributed by atoms with E-state index in [1.807, 2.05) is 26.0 Å². The van der Waals surface area contributed by atoms with Gasteiger partial charge in [-0.2, -0.15) is 0 Å². The van der Waals surface area contributed by atoms with Crippen molar-refractivity contribution in [1.29, 1.82) is 0 Å². The Labute approximate surface area is 140 Å². The van der Waals surface area contributed by atoms with Crippen molar-refractivity contribution in [2.24, 2.45) is 0 Å². The lowest BCUT2D eigenvalue weighted by Gasteiger charge is -2.09. The average molecular weight is 332 g/mol. The normalized spacial score (nSPS) is 10.4. The molecule has 6 heteroatoms. The van der Waals surface area contributed by atoms with Crippen molar-refractivity contribution < 1.29 is 9.59 Å². The summed E-state index contributed by atoms with van der Waals surface area (Å²) in [6.07, 6.45) is 1.45. The number of rotatable bonds is 5. The van der Waals surface area contributed by atoms with Gasteiger partial charge in [0.25, 0.3) is 11.8 Å². The van der Waals surface area contributed by atoms with Crippen LogP contribution in [0.5, 0.6) is 0 Å². The number of amides is 2. The molecular formula is C17H18ClN3O2. The minimum absolute atomic E-state index is 0.00619. The summed E-state index contributed by atoms with van der Waals surface area (Å²) in [5, 5.41) is 6.19. The Balaban J connectivity index is 2.02. The molecule has 0 spiro atoms. The molecule has 120 valence electrons. The number of pyridine rings is 1. The zero-order valence-electron chi connectivity index (χ0n) is 13.0. The number of hydrogen-bond acceptors (Lipinski definition) is 3. The summed E-state index contributed by atoms with van der Waals surface area (Å²) in [5.74, 6) is -0.562. The lowest BCUT2D eigenvalue weighted by Crippen LogP contribution is -2.31. The van der Waals surface area contributed by atoms with Crippen LogP contribution in [0.2, 0.25) is 5.02 Å². The zero-order valence-corrected chi connectivity index (χ0v) is 13.7. The Morgan fingerprint density at radius 1 is 1.13 bits per heavy atom. The summed E-state index contributed by atoms with van der Waals surface area (Å²) in [6.45, 7) is 4.10. The lowest BCUT2D eigenvalue weighted by atomic mass is 10.2. The van der Waals surface area contributed by atoms with Crippen LogP contribution in [0.1, 0.15) is 40.3 Å². The summed E-state index contributed by atoms with van der Waals surface area (Å²) >= 11 is 5.82. The number of benzene rings is 1. The standard InChI is InChI=1S/C17H18ClN3O2/c1-11(2)21-17(23)15-9-13(7-8-19-15)16(22)20-10-12-3-5-14(18)6-4-12/h3-9,11H,10H2,1-2H3,(H,20,22)(H,21,23). The van der Waals surface area contributed by atoms with Crippen molar-refractivity contribution in [1.82, 2.24) is 15.6 Å². The summed E-state index contributed by atoms with van der Waals surface area (Å²) in [6, 6.07) is 10.3. The predicted molar refractivity (Wildman–Crippen MR) is 89.5 cm³/mol. The first-order valence-corrected chi connectivity index (χ1v) is 7.63. The van der Waals surface area contributed by atoms with Gasteiger partial charge >= 0.3 is 0 Å². The molecular weight excluding hydrogens is 314 g/mol. The van der Waals surface area contributed by atoms with E-state index in [0.717, 1.165) is 5.56 Å². The average Bonchev–Trinajstić information content (AvgIpc) is 2.53. The van der Waals surface area contributed by atoms with Gasteiger partial charge < -0.3 is 10.6 Å². The fourth-order valence-electron chi connectivity index (χ4n) is 1.92. The van der Waals surface area contributed by atoms with Crippen molar-refractivity contribution in [3.8, 4) is 0 Å². The van der Waals surface area contributed by atoms with Gasteiger partial charge in [-0.05, 0) is 43.7 Å². The highest BCUT2D eigenvalue weighted by atomic mass is 35.5. The number of nitrogens with one attached hydrogen (secondary N) is 2. The van der Waals surface area contributed by atoms with Gasteiger partial charge in [-0.25, -0.2) is 0 Å². The van der Waals surface area contributed by atoms with Crippen molar-refractivity contribution in [2.75, 3.05) is 0 Å². The van der Waals surface area contributed by atoms with Crippen LogP contribution >= 0.6 is 11.6 Å². The molecule has 1 aromatic carbocycles. The van der Waals surface area contributed by atoms with Crippen LogP contribution in [0, 0.1) is 0 Å². The van der Waals surface area contributed by atoms with Crippen molar-refractivity contribution in [3.63, 3.8) is 0 Å². The second-order valence-electron chi connectivity index (χ2n) is 5.37. The van der Waals surface area contributed by atoms with E-state index in [9.17, 15) is 9.59 Å². The van der Waals surface area contributed by atoms with E-state index in [4.69, 9.17) is 11.6 Å². The van der Waals surface area contributed by atoms with Gasteiger partial charge in [0.05, 0.1) is 0 Å². The van der Waals surface area contributed by atoms with Gasteiger partial charge in [0.1, 0.15) is 5.69 Å². The van der Waals surface area contributed by atoms with E-state index in [2.05, 4.69) is 15.6 Å². The summed E-state index contributed by atoms with van der Waals surface area (Å²) < 4.78 is 0. The third-order valence-electron chi connectivity index (χ3n) is 3.04. The molecule has 0 saturated heterocycles. The summed E-state index contributed by atoms with van der Waals surface area (Å²) in [5.41, 5.74) is 1.55. The highest BCUT2D eigenvalue weighted by Crippen LogP contribution is 2.09. The minimum atomic E-state index is -0.299. The maximum Gasteiger partial charge on any atom is 0.270 e. The largest absolute Gasteiger partial charge is 0.349 e. The molecule has 1 heterocycles. The van der Waals surface area contributed by atoms with Gasteiger partial charge in [-0.15, -0.1) is 0 Å². The molecule has 2 rings (SSSR count). The van der Waals surface area contributed by atoms with Crippen LogP contribution in [0.4, 0.5) is 0 Å². The van der Waals surface area contributed by atoms with Gasteiger partial charge in [0.15, 0.2) is 0 Å². The number of carbonyl (C=O) groups excluding carboxylic acids is 2. The van der Waals surface area contributed by atoms with Gasteiger partial charge in [-0.1, -0.05) is 23.7 Å². The maximum atomic E-state index is 12.2. The van der Waals surface area contributed by atoms with E-state index >= 15 is 0 Å². The molecule has 0 fully saturated rings. The molecule has 0 bridgehead atoms. The van der Waals surface area contributed by atoms with Gasteiger partial charge in [-0.3, -0.25) is 14.6 Å². The van der Waals surface area contributed by atoms with Crippen LogP contribution in [0.3, 0.4) is 0 Å². The van der Waals surface area contributed by atoms with E-state index in [0.29, 0.717) is 17.1 Å². The molecule has 2 N–H and O–H groups in total. The Kier molecular flexibility index (Phi) is 5.71. The van der Waals surface area contributed by atoms with Crippen molar-refractivity contribution >= 4 is 23.4 Å². The molecule has 2 amide bonds. The highest BCUT2D eigenvalue weighted by molar-refractivity contribution is 6.30. The Morgan fingerprint density at radius 2 is 1.83 bits per heavy atom. The third-order valence-corrected chi connectivity index (χ3v) is 3.29. The quantitative estimate of drug-likeness (QED) is 0.885. The number of halogens is 1. The van der Waals surface area contributed by atoms with Gasteiger partial charge in [0.2, 0.25) is 0 Å². The van der Waals surface area contributed by atoms with Crippen LogP contribution < -0.4 is 10.6 Å². The Hall–Kier alpha value is -2.40. The SMILES string of the molecule is CC(C)NC(=O)c1cc(C(=O)NCc2ccc(Cl)cc2)ccn1. The fourth-order valence-corrected chi connectivity index (χ4v) is 2.04. The van der Waals surface area contributed by atoms with E-state index < -0.39 is 0 Å². The van der Waals surface area contributed by atoms with Crippen LogP contribution in [0.15, 0.2) is 42.6 Å². The molecule has 0 unspecified atom stereocenters. The summed E-state index contributed by atoms with van der Waals surface area (Å²) in [7, 11) is 0. The predicted octanol–water partition coefficient (Wildman–Crippen LogP) is 2.80. The lowest BCUT2D eigenvalue weighted by molar-refractivity contribution is 0.0938. The smallest absolute Gasteiger partial charge is 0.270 e. The van der Waals surface area contributed by atoms with Crippen LogP contribution in [-0.2, 0) is 6.54 Å². The number of hydrogen-bond donors (Lipinski definition) is 2. The molecule has 0 aliphatic carbocycles. The van der Waals surface area contributed by atoms with Crippen molar-refractivity contribution in [3.05, 3.63) is 64.4 Å². The second-order valence-corrected chi connectivity index (χ2v) is 5.80. The summed E-state index contributed by atoms with van der Waals surface area (Å²) in [4.78, 5) is 28.1. The molecule has 5 nitrogen and oxygen atoms in total. The molecule has 23 heavy (non-hydrogen) atoms. The highest BCUT2D eigenvalue weighted by Gasteiger charge is 2.12. The fraction of sp³-hybridized carbons (Fsp3) is 0.235. The number of carbonyl (C=O) groups is 2. The molecule has 2 aromatic rings. The third kappa shape index (κ3) is 5.07. The van der Waals surface area contributed by atoms with Crippen LogP contribution in [-0.4, -0.2) is 22.8 Å². The van der Waals surface area contributed by atoms with Gasteiger partial charge in [0, 0.05) is 29.4 Å². The first-order valence-electron chi connectivity index (χ1n) is 7.25. The topological polar surface area (TPSA) is 71.1 Å².